The van der Waals surface area contributed by atoms with E-state index in [-0.39, 0.29) is 18.2 Å². The molecule has 0 saturated carbocycles. The van der Waals surface area contributed by atoms with Crippen molar-refractivity contribution in [3.05, 3.63) is 65.0 Å². The zero-order valence-electron chi connectivity index (χ0n) is 18.8. The van der Waals surface area contributed by atoms with E-state index in [1.165, 1.54) is 16.1 Å². The second-order valence-electron chi connectivity index (χ2n) is 7.67. The van der Waals surface area contributed by atoms with Crippen LogP contribution in [-0.4, -0.2) is 41.1 Å². The van der Waals surface area contributed by atoms with Gasteiger partial charge in [-0.25, -0.2) is 8.42 Å². The molecule has 0 aliphatic heterocycles. The smallest absolute Gasteiger partial charge is 0.234 e. The Morgan fingerprint density at radius 3 is 2.31 bits per heavy atom. The molecule has 0 atom stereocenters. The van der Waals surface area contributed by atoms with E-state index in [2.05, 4.69) is 15.5 Å². The Kier molecular flexibility index (Phi) is 7.25. The number of aryl methyl sites for hydroxylation is 3. The van der Waals surface area contributed by atoms with Crippen molar-refractivity contribution in [3.8, 4) is 0 Å². The standard InChI is InChI=1S/C22H27N5O3S2/c1-15-11-16(2)21(17(3)12-15)23-20(28)14-31-22-25-24-19(26(22)4)13-27(32(5,29)30)18-9-7-6-8-10-18/h6-12H,13-14H2,1-5H3,(H,23,28). The largest absolute Gasteiger partial charge is 0.325 e. The van der Waals surface area contributed by atoms with Crippen molar-refractivity contribution in [3.63, 3.8) is 0 Å². The molecule has 1 heterocycles. The molecule has 0 unspecified atom stereocenters. The number of carbonyl (C=O) groups excluding carboxylic acids is 1. The first-order valence-electron chi connectivity index (χ1n) is 9.98. The number of sulfonamides is 1. The van der Waals surface area contributed by atoms with Crippen LogP contribution in [0.3, 0.4) is 0 Å². The van der Waals surface area contributed by atoms with Gasteiger partial charge in [0.25, 0.3) is 0 Å². The number of carbonyl (C=O) groups is 1. The Morgan fingerprint density at radius 1 is 1.09 bits per heavy atom. The summed E-state index contributed by atoms with van der Waals surface area (Å²) in [5, 5.41) is 11.8. The van der Waals surface area contributed by atoms with Gasteiger partial charge in [0.15, 0.2) is 11.0 Å². The van der Waals surface area contributed by atoms with Gasteiger partial charge in [0.1, 0.15) is 0 Å². The molecule has 3 aromatic rings. The minimum Gasteiger partial charge on any atom is -0.325 e. The van der Waals surface area contributed by atoms with E-state index in [4.69, 9.17) is 0 Å². The van der Waals surface area contributed by atoms with E-state index in [1.54, 1.807) is 35.9 Å². The predicted octanol–water partition coefficient (Wildman–Crippen LogP) is 3.44. The van der Waals surface area contributed by atoms with E-state index in [1.807, 2.05) is 39.0 Å². The first-order chi connectivity index (χ1) is 15.1. The number of nitrogens with one attached hydrogen (secondary N) is 1. The zero-order valence-corrected chi connectivity index (χ0v) is 20.4. The molecule has 0 fully saturated rings. The summed E-state index contributed by atoms with van der Waals surface area (Å²) < 4.78 is 27.6. The Balaban J connectivity index is 1.69. The minimum absolute atomic E-state index is 0.0425. The number of aromatic nitrogens is 3. The maximum absolute atomic E-state index is 12.5. The fraction of sp³-hybridized carbons (Fsp3) is 0.318. The highest BCUT2D eigenvalue weighted by molar-refractivity contribution is 7.99. The average molecular weight is 474 g/mol. The van der Waals surface area contributed by atoms with Crippen LogP contribution < -0.4 is 9.62 Å². The van der Waals surface area contributed by atoms with Crippen LogP contribution >= 0.6 is 11.8 Å². The fourth-order valence-electron chi connectivity index (χ4n) is 3.41. The second kappa shape index (κ2) is 9.74. The topological polar surface area (TPSA) is 97.2 Å². The van der Waals surface area contributed by atoms with E-state index in [9.17, 15) is 13.2 Å². The number of anilines is 2. The van der Waals surface area contributed by atoms with Gasteiger partial charge >= 0.3 is 0 Å². The summed E-state index contributed by atoms with van der Waals surface area (Å²) in [6.07, 6.45) is 1.16. The lowest BCUT2D eigenvalue weighted by Crippen LogP contribution is -2.30. The lowest BCUT2D eigenvalue weighted by Gasteiger charge is -2.21. The van der Waals surface area contributed by atoms with Crippen molar-refractivity contribution in [1.29, 1.82) is 0 Å². The number of amides is 1. The molecule has 8 nitrogen and oxygen atoms in total. The molecule has 1 N–H and O–H groups in total. The van der Waals surface area contributed by atoms with Gasteiger partial charge in [0.2, 0.25) is 15.9 Å². The summed E-state index contributed by atoms with van der Waals surface area (Å²) in [5.41, 5.74) is 4.56. The molecular weight excluding hydrogens is 446 g/mol. The molecule has 0 aliphatic carbocycles. The third kappa shape index (κ3) is 5.68. The van der Waals surface area contributed by atoms with Crippen LogP contribution in [0.1, 0.15) is 22.5 Å². The number of hydrogen-bond acceptors (Lipinski definition) is 6. The van der Waals surface area contributed by atoms with Crippen LogP contribution in [0.5, 0.6) is 0 Å². The maximum atomic E-state index is 12.5. The summed E-state index contributed by atoms with van der Waals surface area (Å²) in [7, 11) is -1.75. The molecule has 170 valence electrons. The summed E-state index contributed by atoms with van der Waals surface area (Å²) in [6.45, 7) is 6.01. The van der Waals surface area contributed by atoms with Crippen LogP contribution in [0, 0.1) is 20.8 Å². The first-order valence-corrected chi connectivity index (χ1v) is 12.8. The van der Waals surface area contributed by atoms with Gasteiger partial charge in [-0.05, 0) is 44.0 Å². The molecular formula is C22H27N5O3S2. The fourth-order valence-corrected chi connectivity index (χ4v) is 5.00. The summed E-state index contributed by atoms with van der Waals surface area (Å²) in [5.74, 6) is 0.497. The van der Waals surface area contributed by atoms with Gasteiger partial charge in [-0.1, -0.05) is 47.7 Å². The van der Waals surface area contributed by atoms with E-state index in [0.29, 0.717) is 16.7 Å². The Bertz CT molecular complexity index is 1200. The maximum Gasteiger partial charge on any atom is 0.234 e. The number of hydrogen-bond donors (Lipinski definition) is 1. The molecule has 0 radical (unpaired) electrons. The van der Waals surface area contributed by atoms with Crippen molar-refractivity contribution < 1.29 is 13.2 Å². The predicted molar refractivity (Wildman–Crippen MR) is 128 cm³/mol. The molecule has 0 saturated heterocycles. The Labute approximate surface area is 193 Å². The lowest BCUT2D eigenvalue weighted by molar-refractivity contribution is -0.113. The number of thioether (sulfide) groups is 1. The van der Waals surface area contributed by atoms with Crippen molar-refractivity contribution in [2.75, 3.05) is 21.6 Å². The van der Waals surface area contributed by atoms with Crippen molar-refractivity contribution >= 4 is 39.1 Å². The highest BCUT2D eigenvalue weighted by Gasteiger charge is 2.21. The van der Waals surface area contributed by atoms with Crippen molar-refractivity contribution in [1.82, 2.24) is 14.8 Å². The highest BCUT2D eigenvalue weighted by Crippen LogP contribution is 2.24. The second-order valence-corrected chi connectivity index (χ2v) is 10.5. The summed E-state index contributed by atoms with van der Waals surface area (Å²) in [4.78, 5) is 12.5. The zero-order chi connectivity index (χ0) is 23.5. The number of nitrogens with zero attached hydrogens (tertiary/aromatic N) is 4. The quantitative estimate of drug-likeness (QED) is 0.504. The van der Waals surface area contributed by atoms with Crippen LogP contribution in [-0.2, 0) is 28.4 Å². The lowest BCUT2D eigenvalue weighted by atomic mass is 10.1. The molecule has 1 aromatic heterocycles. The molecule has 0 spiro atoms. The van der Waals surface area contributed by atoms with Crippen LogP contribution in [0.25, 0.3) is 0 Å². The Hall–Kier alpha value is -2.85. The highest BCUT2D eigenvalue weighted by atomic mass is 32.2. The molecule has 0 bridgehead atoms. The molecule has 0 aliphatic rings. The minimum atomic E-state index is -3.51. The van der Waals surface area contributed by atoms with Crippen LogP contribution in [0.2, 0.25) is 0 Å². The van der Waals surface area contributed by atoms with Gasteiger partial charge in [-0.15, -0.1) is 10.2 Å². The summed E-state index contributed by atoms with van der Waals surface area (Å²) in [6, 6.07) is 12.9. The van der Waals surface area contributed by atoms with Gasteiger partial charge in [-0.3, -0.25) is 9.10 Å². The Morgan fingerprint density at radius 2 is 1.72 bits per heavy atom. The molecule has 10 heteroatoms. The summed E-state index contributed by atoms with van der Waals surface area (Å²) >= 11 is 1.25. The molecule has 2 aromatic carbocycles. The normalized spacial score (nSPS) is 11.4. The van der Waals surface area contributed by atoms with Gasteiger partial charge < -0.3 is 9.88 Å². The van der Waals surface area contributed by atoms with Crippen molar-refractivity contribution in [2.24, 2.45) is 7.05 Å². The van der Waals surface area contributed by atoms with E-state index in [0.717, 1.165) is 28.6 Å². The van der Waals surface area contributed by atoms with E-state index < -0.39 is 10.0 Å². The van der Waals surface area contributed by atoms with E-state index >= 15 is 0 Å². The number of rotatable bonds is 8. The number of para-hydroxylation sites is 1. The SMILES string of the molecule is Cc1cc(C)c(NC(=O)CSc2nnc(CN(c3ccccc3)S(C)(=O)=O)n2C)c(C)c1. The average Bonchev–Trinajstić information content (AvgIpc) is 3.06. The third-order valence-electron chi connectivity index (χ3n) is 4.93. The van der Waals surface area contributed by atoms with Crippen LogP contribution in [0.4, 0.5) is 11.4 Å². The van der Waals surface area contributed by atoms with Crippen LogP contribution in [0.15, 0.2) is 47.6 Å². The number of benzene rings is 2. The first kappa shape index (κ1) is 23.8. The molecule has 1 amide bonds. The van der Waals surface area contributed by atoms with Gasteiger partial charge in [0, 0.05) is 12.7 Å². The van der Waals surface area contributed by atoms with Crippen molar-refractivity contribution in [2.45, 2.75) is 32.5 Å². The third-order valence-corrected chi connectivity index (χ3v) is 7.09. The molecule has 32 heavy (non-hydrogen) atoms. The van der Waals surface area contributed by atoms with Gasteiger partial charge in [0.05, 0.1) is 24.2 Å². The monoisotopic (exact) mass is 473 g/mol. The van der Waals surface area contributed by atoms with Gasteiger partial charge in [-0.2, -0.15) is 0 Å². The molecule has 3 rings (SSSR count).